The second-order valence-corrected chi connectivity index (χ2v) is 4.74. The maximum absolute atomic E-state index is 11.9. The summed E-state index contributed by atoms with van der Waals surface area (Å²) < 4.78 is 0. The molecule has 4 nitrogen and oxygen atoms in total. The second kappa shape index (κ2) is 4.28. The lowest BCUT2D eigenvalue weighted by Gasteiger charge is -2.30. The molecule has 16 heavy (non-hydrogen) atoms. The third-order valence-electron chi connectivity index (χ3n) is 3.91. The minimum atomic E-state index is -1.06. The fraction of sp³-hybridized carbons (Fsp3) is 0.667. The molecule has 2 bridgehead atoms. The van der Waals surface area contributed by atoms with Gasteiger partial charge in [-0.05, 0) is 31.1 Å². The van der Waals surface area contributed by atoms with Gasteiger partial charge in [0.05, 0.1) is 0 Å². The summed E-state index contributed by atoms with van der Waals surface area (Å²) in [6, 6.07) is 0. The number of carbonyl (C=O) groups is 2. The molecule has 88 valence electrons. The molecule has 4 heteroatoms. The average molecular weight is 222 g/mol. The smallest absolute Gasteiger partial charge is 0.224 e. The Hall–Kier alpha value is -1.32. The molecule has 0 aliphatic heterocycles. The standard InChI is InChI=1S/C12H17NO3/c1-2-5-13-11(14)9-7-3-4-8(6-7)10(9)12(15)16/h2,7-10H,1,3-6H2,(H,13,14)(H,15,16)/p-1/t7-,8+,9+,10+/m1/s1. The number of hydrogen-bond acceptors (Lipinski definition) is 3. The number of amides is 1. The number of hydrogen-bond donors (Lipinski definition) is 1. The summed E-state index contributed by atoms with van der Waals surface area (Å²) >= 11 is 0. The van der Waals surface area contributed by atoms with Crippen LogP contribution in [-0.2, 0) is 9.59 Å². The molecule has 2 saturated carbocycles. The highest BCUT2D eigenvalue weighted by atomic mass is 16.4. The first-order chi connectivity index (χ1) is 7.65. The number of carboxylic acids is 1. The van der Waals surface area contributed by atoms with E-state index in [1.807, 2.05) is 0 Å². The van der Waals surface area contributed by atoms with Crippen LogP contribution in [0, 0.1) is 23.7 Å². The van der Waals surface area contributed by atoms with Crippen molar-refractivity contribution in [2.45, 2.75) is 19.3 Å². The number of fused-ring (bicyclic) bond motifs is 2. The maximum Gasteiger partial charge on any atom is 0.224 e. The van der Waals surface area contributed by atoms with Crippen molar-refractivity contribution < 1.29 is 14.7 Å². The molecule has 0 aromatic rings. The van der Waals surface area contributed by atoms with Gasteiger partial charge < -0.3 is 15.2 Å². The number of nitrogens with one attached hydrogen (secondary N) is 1. The first kappa shape index (κ1) is 11.2. The largest absolute Gasteiger partial charge is 0.550 e. The Balaban J connectivity index is 2.09. The van der Waals surface area contributed by atoms with E-state index in [1.54, 1.807) is 6.08 Å². The second-order valence-electron chi connectivity index (χ2n) is 4.74. The highest BCUT2D eigenvalue weighted by Gasteiger charge is 2.51. The van der Waals surface area contributed by atoms with Gasteiger partial charge in [0.2, 0.25) is 5.91 Å². The zero-order valence-electron chi connectivity index (χ0n) is 9.15. The molecule has 0 saturated heterocycles. The molecule has 2 aliphatic carbocycles. The van der Waals surface area contributed by atoms with Gasteiger partial charge in [-0.3, -0.25) is 4.79 Å². The van der Waals surface area contributed by atoms with Crippen LogP contribution in [0.5, 0.6) is 0 Å². The van der Waals surface area contributed by atoms with E-state index in [0.29, 0.717) is 6.54 Å². The van der Waals surface area contributed by atoms with Crippen molar-refractivity contribution in [3.05, 3.63) is 12.7 Å². The molecule has 0 spiro atoms. The highest BCUT2D eigenvalue weighted by Crippen LogP contribution is 2.52. The zero-order valence-corrected chi connectivity index (χ0v) is 9.15. The minimum Gasteiger partial charge on any atom is -0.550 e. The van der Waals surface area contributed by atoms with Crippen molar-refractivity contribution in [3.63, 3.8) is 0 Å². The van der Waals surface area contributed by atoms with Crippen molar-refractivity contribution in [2.75, 3.05) is 6.54 Å². The van der Waals surface area contributed by atoms with E-state index < -0.39 is 11.9 Å². The number of aliphatic carboxylic acids is 1. The van der Waals surface area contributed by atoms with E-state index in [9.17, 15) is 14.7 Å². The monoisotopic (exact) mass is 222 g/mol. The molecule has 0 unspecified atom stereocenters. The van der Waals surface area contributed by atoms with Gasteiger partial charge in [0.1, 0.15) is 0 Å². The van der Waals surface area contributed by atoms with Crippen LogP contribution in [0.15, 0.2) is 12.7 Å². The van der Waals surface area contributed by atoms with Crippen LogP contribution in [0.3, 0.4) is 0 Å². The lowest BCUT2D eigenvalue weighted by Crippen LogP contribution is -2.45. The lowest BCUT2D eigenvalue weighted by molar-refractivity contribution is -0.314. The Bertz CT molecular complexity index is 326. The van der Waals surface area contributed by atoms with Crippen LogP contribution in [0.4, 0.5) is 0 Å². The quantitative estimate of drug-likeness (QED) is 0.664. The number of carboxylic acid groups (broad SMARTS) is 1. The summed E-state index contributed by atoms with van der Waals surface area (Å²) in [6.45, 7) is 3.91. The van der Waals surface area contributed by atoms with Crippen LogP contribution in [0.1, 0.15) is 19.3 Å². The van der Waals surface area contributed by atoms with Crippen LogP contribution in [-0.4, -0.2) is 18.4 Å². The van der Waals surface area contributed by atoms with E-state index >= 15 is 0 Å². The van der Waals surface area contributed by atoms with Crippen LogP contribution < -0.4 is 10.4 Å². The van der Waals surface area contributed by atoms with E-state index in [-0.39, 0.29) is 23.7 Å². The first-order valence-electron chi connectivity index (χ1n) is 5.74. The molecule has 2 aliphatic rings. The topological polar surface area (TPSA) is 69.2 Å². The normalized spacial score (nSPS) is 36.0. The van der Waals surface area contributed by atoms with Crippen molar-refractivity contribution in [3.8, 4) is 0 Å². The summed E-state index contributed by atoms with van der Waals surface area (Å²) in [7, 11) is 0. The Kier molecular flexibility index (Phi) is 2.99. The molecule has 0 heterocycles. The van der Waals surface area contributed by atoms with Gasteiger partial charge in [-0.25, -0.2) is 0 Å². The molecule has 0 aromatic carbocycles. The summed E-state index contributed by atoms with van der Waals surface area (Å²) in [5, 5.41) is 13.8. The van der Waals surface area contributed by atoms with Crippen molar-refractivity contribution >= 4 is 11.9 Å². The van der Waals surface area contributed by atoms with Gasteiger partial charge in [-0.1, -0.05) is 6.08 Å². The lowest BCUT2D eigenvalue weighted by atomic mass is 9.79. The fourth-order valence-corrected chi connectivity index (χ4v) is 3.30. The summed E-state index contributed by atoms with van der Waals surface area (Å²) in [5.41, 5.74) is 0. The molecular formula is C12H16NO3-. The van der Waals surface area contributed by atoms with Gasteiger partial charge in [-0.15, -0.1) is 6.58 Å². The number of carbonyl (C=O) groups excluding carboxylic acids is 2. The third-order valence-corrected chi connectivity index (χ3v) is 3.91. The summed E-state index contributed by atoms with van der Waals surface area (Å²) in [6.07, 6.45) is 4.36. The van der Waals surface area contributed by atoms with Crippen molar-refractivity contribution in [1.82, 2.24) is 5.32 Å². The molecule has 4 atom stereocenters. The molecule has 2 rings (SSSR count). The van der Waals surface area contributed by atoms with Crippen molar-refractivity contribution in [2.24, 2.45) is 23.7 Å². The average Bonchev–Trinajstić information content (AvgIpc) is 2.84. The molecule has 1 N–H and O–H groups in total. The van der Waals surface area contributed by atoms with Gasteiger partial charge in [0.15, 0.2) is 0 Å². The zero-order chi connectivity index (χ0) is 11.7. The summed E-state index contributed by atoms with van der Waals surface area (Å²) in [4.78, 5) is 22.9. The maximum atomic E-state index is 11.9. The van der Waals surface area contributed by atoms with Crippen LogP contribution in [0.25, 0.3) is 0 Å². The van der Waals surface area contributed by atoms with E-state index in [2.05, 4.69) is 11.9 Å². The van der Waals surface area contributed by atoms with E-state index in [1.165, 1.54) is 0 Å². The molecule has 1 amide bonds. The number of rotatable bonds is 4. The minimum absolute atomic E-state index is 0.148. The SMILES string of the molecule is C=CCNC(=O)[C@H]1[C@@H]2CC[C@@H](C2)[C@@H]1C(=O)[O-]. The van der Waals surface area contributed by atoms with Crippen LogP contribution >= 0.6 is 0 Å². The van der Waals surface area contributed by atoms with E-state index in [4.69, 9.17) is 0 Å². The van der Waals surface area contributed by atoms with Crippen molar-refractivity contribution in [1.29, 1.82) is 0 Å². The Morgan fingerprint density at radius 2 is 1.94 bits per heavy atom. The Morgan fingerprint density at radius 1 is 1.31 bits per heavy atom. The molecule has 0 radical (unpaired) electrons. The van der Waals surface area contributed by atoms with Crippen LogP contribution in [0.2, 0.25) is 0 Å². The molecular weight excluding hydrogens is 206 g/mol. The van der Waals surface area contributed by atoms with E-state index in [0.717, 1.165) is 19.3 Å². The fourth-order valence-electron chi connectivity index (χ4n) is 3.30. The Labute approximate surface area is 94.7 Å². The van der Waals surface area contributed by atoms with Gasteiger partial charge in [-0.2, -0.15) is 0 Å². The highest BCUT2D eigenvalue weighted by molar-refractivity contribution is 5.85. The predicted molar refractivity (Wildman–Crippen MR) is 56.0 cm³/mol. The van der Waals surface area contributed by atoms with Gasteiger partial charge in [0.25, 0.3) is 0 Å². The first-order valence-corrected chi connectivity index (χ1v) is 5.74. The van der Waals surface area contributed by atoms with Gasteiger partial charge in [0, 0.05) is 24.3 Å². The van der Waals surface area contributed by atoms with Gasteiger partial charge >= 0.3 is 0 Å². The third kappa shape index (κ3) is 1.72. The molecule has 2 fully saturated rings. The summed E-state index contributed by atoms with van der Waals surface area (Å²) in [5.74, 6) is -1.80. The molecule has 0 aromatic heterocycles. The predicted octanol–water partition coefficient (Wildman–Crippen LogP) is -0.299. The Morgan fingerprint density at radius 3 is 2.50 bits per heavy atom.